The van der Waals surface area contributed by atoms with Crippen molar-refractivity contribution in [3.05, 3.63) is 47.2 Å². The fourth-order valence-corrected chi connectivity index (χ4v) is 8.73. The van der Waals surface area contributed by atoms with Crippen LogP contribution in [0.5, 0.6) is 11.8 Å². The molecule has 4 aliphatic heterocycles. The van der Waals surface area contributed by atoms with E-state index in [1.807, 2.05) is 4.90 Å². The largest absolute Gasteiger partial charge is 0.508 e. The van der Waals surface area contributed by atoms with Gasteiger partial charge in [-0.15, -0.1) is 6.42 Å². The standard InChI is InChI=1S/C36H32F6N6O3/c1-3-24-26(38)8-5-19-11-23(49)12-25(28(19)24)30-29(39)31-27(18(2)43-30)32(46-15-21-6-7-22(16-46)48(21)33(50)36(40,41)42)45-34(44-31)51-17-35-9-4-10-47(35)14-20(37)13-35/h1,5,8,11-12,20-22,49H,4,6-7,9-10,13-17H2,2H3/t20-,21?,22?,35+/m0/s1. The van der Waals surface area contributed by atoms with Gasteiger partial charge in [0.15, 0.2) is 5.82 Å². The van der Waals surface area contributed by atoms with Gasteiger partial charge >= 0.3 is 18.1 Å². The van der Waals surface area contributed by atoms with E-state index in [1.165, 1.54) is 18.2 Å². The minimum Gasteiger partial charge on any atom is -0.508 e. The van der Waals surface area contributed by atoms with Crippen LogP contribution in [0.1, 0.15) is 43.4 Å². The molecule has 0 spiro atoms. The van der Waals surface area contributed by atoms with Crippen LogP contribution >= 0.6 is 0 Å². The number of nitrogens with zero attached hydrogens (tertiary/aromatic N) is 6. The third kappa shape index (κ3) is 5.37. The summed E-state index contributed by atoms with van der Waals surface area (Å²) in [5, 5.41) is 11.2. The number of phenols is 1. The Morgan fingerprint density at radius 2 is 1.84 bits per heavy atom. The highest BCUT2D eigenvalue weighted by molar-refractivity contribution is 6.03. The van der Waals surface area contributed by atoms with Crippen molar-refractivity contribution in [2.75, 3.05) is 37.7 Å². The van der Waals surface area contributed by atoms with Gasteiger partial charge in [-0.2, -0.15) is 23.1 Å². The second-order valence-electron chi connectivity index (χ2n) is 13.9. The van der Waals surface area contributed by atoms with E-state index in [0.717, 1.165) is 17.4 Å². The number of phenolic OH excluding ortho intramolecular Hbond substituents is 1. The van der Waals surface area contributed by atoms with E-state index in [0.29, 0.717) is 31.2 Å². The maximum atomic E-state index is 17.0. The van der Waals surface area contributed by atoms with Gasteiger partial charge in [-0.1, -0.05) is 12.0 Å². The molecule has 2 aromatic heterocycles. The molecule has 9 nitrogen and oxygen atoms in total. The molecule has 0 saturated carbocycles. The van der Waals surface area contributed by atoms with Crippen LogP contribution in [0, 0.1) is 30.9 Å². The van der Waals surface area contributed by atoms with Gasteiger partial charge in [-0.3, -0.25) is 9.69 Å². The quantitative estimate of drug-likeness (QED) is 0.205. The van der Waals surface area contributed by atoms with E-state index in [9.17, 15) is 31.9 Å². The van der Waals surface area contributed by atoms with Crippen molar-refractivity contribution in [1.29, 1.82) is 0 Å². The molecule has 1 amide bonds. The summed E-state index contributed by atoms with van der Waals surface area (Å²) >= 11 is 0. The molecular weight excluding hydrogens is 678 g/mol. The number of piperazine rings is 1. The highest BCUT2D eigenvalue weighted by atomic mass is 19.4. The molecule has 4 fully saturated rings. The number of carbonyl (C=O) groups excluding carboxylic acids is 1. The number of anilines is 1. The average molecular weight is 711 g/mol. The fraction of sp³-hybridized carbons (Fsp3) is 0.444. The van der Waals surface area contributed by atoms with Crippen LogP contribution < -0.4 is 9.64 Å². The smallest absolute Gasteiger partial charge is 0.471 e. The number of halogens is 6. The number of aromatic hydroxyl groups is 1. The molecule has 0 aliphatic carbocycles. The lowest BCUT2D eigenvalue weighted by atomic mass is 9.95. The van der Waals surface area contributed by atoms with Gasteiger partial charge < -0.3 is 19.6 Å². The monoisotopic (exact) mass is 710 g/mol. The number of aryl methyl sites for hydroxylation is 1. The number of carbonyl (C=O) groups is 1. The van der Waals surface area contributed by atoms with E-state index in [2.05, 4.69) is 20.9 Å². The molecule has 2 unspecified atom stereocenters. The first-order chi connectivity index (χ1) is 24.3. The number of rotatable bonds is 5. The van der Waals surface area contributed by atoms with Crippen molar-refractivity contribution in [1.82, 2.24) is 24.8 Å². The van der Waals surface area contributed by atoms with Gasteiger partial charge in [0.1, 0.15) is 41.4 Å². The predicted octanol–water partition coefficient (Wildman–Crippen LogP) is 5.82. The van der Waals surface area contributed by atoms with Crippen LogP contribution in [-0.4, -0.2) is 98.5 Å². The SMILES string of the molecule is C#Cc1c(F)ccc2cc(O)cc(-c3nc(C)c4c(N5CC6CCC(C5)N6C(=O)C(F)(F)F)nc(OC[C@]56CCCN5C[C@@H](F)C6)nc4c3F)c12. The number of ether oxygens (including phenoxy) is 1. The Labute approximate surface area is 288 Å². The van der Waals surface area contributed by atoms with Gasteiger partial charge in [-0.05, 0) is 62.7 Å². The molecule has 6 heterocycles. The Balaban J connectivity index is 1.28. The number of pyridine rings is 1. The lowest BCUT2D eigenvalue weighted by molar-refractivity contribution is -0.188. The molecule has 4 atom stereocenters. The Kier molecular flexibility index (Phi) is 7.75. The maximum Gasteiger partial charge on any atom is 0.471 e. The normalized spacial score (nSPS) is 24.8. The van der Waals surface area contributed by atoms with Crippen LogP contribution in [-0.2, 0) is 4.79 Å². The van der Waals surface area contributed by atoms with Gasteiger partial charge in [0.25, 0.3) is 0 Å². The summed E-state index contributed by atoms with van der Waals surface area (Å²) in [4.78, 5) is 30.7. The molecule has 4 aromatic rings. The first kappa shape index (κ1) is 33.3. The number of terminal acetylenes is 1. The summed E-state index contributed by atoms with van der Waals surface area (Å²) in [6.07, 6.45) is 2.08. The van der Waals surface area contributed by atoms with Crippen molar-refractivity contribution in [3.8, 4) is 35.4 Å². The number of benzene rings is 2. The third-order valence-electron chi connectivity index (χ3n) is 10.9. The zero-order valence-corrected chi connectivity index (χ0v) is 27.4. The van der Waals surface area contributed by atoms with Gasteiger partial charge in [-0.25, -0.2) is 18.2 Å². The lowest BCUT2D eigenvalue weighted by Crippen LogP contribution is -2.59. The number of amides is 1. The van der Waals surface area contributed by atoms with E-state index in [4.69, 9.17) is 11.2 Å². The topological polar surface area (TPSA) is 94.9 Å². The molecule has 266 valence electrons. The third-order valence-corrected chi connectivity index (χ3v) is 10.9. The summed E-state index contributed by atoms with van der Waals surface area (Å²) in [5.74, 6) is -1.36. The lowest BCUT2D eigenvalue weighted by Gasteiger charge is -2.42. The maximum absolute atomic E-state index is 17.0. The molecule has 15 heteroatoms. The second kappa shape index (κ2) is 11.9. The van der Waals surface area contributed by atoms with Crippen LogP contribution in [0.25, 0.3) is 32.9 Å². The minimum atomic E-state index is -5.03. The van der Waals surface area contributed by atoms with Crippen molar-refractivity contribution < 1.29 is 41.0 Å². The Hall–Kier alpha value is -4.84. The molecule has 4 saturated heterocycles. The van der Waals surface area contributed by atoms with E-state index in [-0.39, 0.29) is 89.0 Å². The van der Waals surface area contributed by atoms with E-state index < -0.39 is 47.5 Å². The minimum absolute atomic E-state index is 0.0142. The molecule has 2 bridgehead atoms. The van der Waals surface area contributed by atoms with E-state index >= 15 is 4.39 Å². The molecule has 4 aliphatic rings. The van der Waals surface area contributed by atoms with Crippen molar-refractivity contribution >= 4 is 33.4 Å². The zero-order chi connectivity index (χ0) is 36.0. The molecular formula is C36H32F6N6O3. The Bertz CT molecular complexity index is 2140. The second-order valence-corrected chi connectivity index (χ2v) is 13.9. The number of fused-ring (bicyclic) bond motifs is 5. The summed E-state index contributed by atoms with van der Waals surface area (Å²) in [7, 11) is 0. The number of hydrogen-bond donors (Lipinski definition) is 1. The first-order valence-corrected chi connectivity index (χ1v) is 16.7. The molecule has 8 rings (SSSR count). The predicted molar refractivity (Wildman–Crippen MR) is 175 cm³/mol. The van der Waals surface area contributed by atoms with Crippen molar-refractivity contribution in [2.24, 2.45) is 0 Å². The van der Waals surface area contributed by atoms with Crippen molar-refractivity contribution in [3.63, 3.8) is 0 Å². The number of alkyl halides is 4. The highest BCUT2D eigenvalue weighted by Crippen LogP contribution is 2.43. The van der Waals surface area contributed by atoms with Crippen LogP contribution in [0.2, 0.25) is 0 Å². The number of aromatic nitrogens is 3. The van der Waals surface area contributed by atoms with Gasteiger partial charge in [0.05, 0.1) is 34.3 Å². The fourth-order valence-electron chi connectivity index (χ4n) is 8.73. The van der Waals surface area contributed by atoms with Crippen LogP contribution in [0.4, 0.5) is 32.2 Å². The highest BCUT2D eigenvalue weighted by Gasteiger charge is 2.52. The van der Waals surface area contributed by atoms with Gasteiger partial charge in [0.2, 0.25) is 0 Å². The molecule has 0 radical (unpaired) electrons. The van der Waals surface area contributed by atoms with Crippen LogP contribution in [0.3, 0.4) is 0 Å². The Morgan fingerprint density at radius 3 is 2.55 bits per heavy atom. The van der Waals surface area contributed by atoms with Crippen molar-refractivity contribution in [2.45, 2.75) is 69.0 Å². The summed E-state index contributed by atoms with van der Waals surface area (Å²) in [6.45, 7) is 2.56. The molecule has 1 N–H and O–H groups in total. The summed E-state index contributed by atoms with van der Waals surface area (Å²) < 4.78 is 93.2. The summed E-state index contributed by atoms with van der Waals surface area (Å²) in [6, 6.07) is 3.38. The first-order valence-electron chi connectivity index (χ1n) is 16.7. The van der Waals surface area contributed by atoms with Crippen LogP contribution in [0.15, 0.2) is 24.3 Å². The molecule has 51 heavy (non-hydrogen) atoms. The van der Waals surface area contributed by atoms with Gasteiger partial charge in [0, 0.05) is 37.0 Å². The molecule has 2 aromatic carbocycles. The number of hydrogen-bond acceptors (Lipinski definition) is 8. The zero-order valence-electron chi connectivity index (χ0n) is 27.4. The summed E-state index contributed by atoms with van der Waals surface area (Å²) in [5.41, 5.74) is -1.01. The Morgan fingerprint density at radius 1 is 1.10 bits per heavy atom. The average Bonchev–Trinajstić information content (AvgIpc) is 3.70. The van der Waals surface area contributed by atoms with E-state index in [1.54, 1.807) is 11.8 Å².